The highest BCUT2D eigenvalue weighted by atomic mass is 16.4. The number of aliphatic carboxylic acids is 1. The second-order valence-electron chi connectivity index (χ2n) is 4.71. The highest BCUT2D eigenvalue weighted by Gasteiger charge is 2.18. The summed E-state index contributed by atoms with van der Waals surface area (Å²) in [5, 5.41) is 8.25. The Morgan fingerprint density at radius 3 is 2.31 bits per heavy atom. The average molecular weight is 226 g/mol. The molecule has 0 amide bonds. The molecule has 1 aromatic heterocycles. The van der Waals surface area contributed by atoms with Crippen LogP contribution in [0.1, 0.15) is 40.5 Å². The molecule has 0 radical (unpaired) electrons. The van der Waals surface area contributed by atoms with Gasteiger partial charge in [0.25, 0.3) is 0 Å². The van der Waals surface area contributed by atoms with E-state index in [2.05, 4.69) is 16.5 Å². The first kappa shape index (κ1) is 14.7. The quantitative estimate of drug-likeness (QED) is 0.862. The van der Waals surface area contributed by atoms with Crippen LogP contribution >= 0.6 is 0 Å². The van der Waals surface area contributed by atoms with Gasteiger partial charge in [0, 0.05) is 18.9 Å². The van der Waals surface area contributed by atoms with Crippen molar-refractivity contribution in [2.24, 2.45) is 5.41 Å². The monoisotopic (exact) mass is 226 g/mol. The lowest BCUT2D eigenvalue weighted by Gasteiger charge is -2.08. The third-order valence-corrected chi connectivity index (χ3v) is 1.97. The first-order chi connectivity index (χ1) is 7.38. The molecule has 4 heteroatoms. The summed E-state index contributed by atoms with van der Waals surface area (Å²) in [7, 11) is 0. The predicted molar refractivity (Wildman–Crippen MR) is 64.2 cm³/mol. The molecule has 1 aromatic rings. The number of carboxylic acids is 1. The summed E-state index contributed by atoms with van der Waals surface area (Å²) < 4.78 is 2.10. The molecule has 1 N–H and O–H groups in total. The number of hydrogen-bond acceptors (Lipinski definition) is 2. The Morgan fingerprint density at radius 2 is 2.00 bits per heavy atom. The molecular weight excluding hydrogens is 204 g/mol. The Morgan fingerprint density at radius 1 is 1.44 bits per heavy atom. The topological polar surface area (TPSA) is 55.1 Å². The highest BCUT2D eigenvalue weighted by Crippen LogP contribution is 2.11. The predicted octanol–water partition coefficient (Wildman–Crippen LogP) is 2.80. The molecule has 0 aliphatic carbocycles. The van der Waals surface area contributed by atoms with E-state index >= 15 is 0 Å². The van der Waals surface area contributed by atoms with Crippen molar-refractivity contribution < 1.29 is 9.90 Å². The van der Waals surface area contributed by atoms with Crippen molar-refractivity contribution in [3.05, 3.63) is 18.7 Å². The zero-order valence-electron chi connectivity index (χ0n) is 10.6. The van der Waals surface area contributed by atoms with E-state index in [1.165, 1.54) is 12.8 Å². The van der Waals surface area contributed by atoms with E-state index in [-0.39, 0.29) is 0 Å². The van der Waals surface area contributed by atoms with E-state index in [0.717, 1.165) is 6.54 Å². The van der Waals surface area contributed by atoms with Crippen LogP contribution in [0.15, 0.2) is 18.7 Å². The largest absolute Gasteiger partial charge is 0.481 e. The van der Waals surface area contributed by atoms with Gasteiger partial charge in [-0.2, -0.15) is 0 Å². The minimum Gasteiger partial charge on any atom is -0.481 e. The van der Waals surface area contributed by atoms with Gasteiger partial charge in [-0.25, -0.2) is 4.98 Å². The summed E-state index contributed by atoms with van der Waals surface area (Å²) in [6.07, 6.45) is 8.16. The SMILES string of the molecule is CC(C)(C)C(=O)O.CCCCn1ccnc1. The first-order valence-electron chi connectivity index (χ1n) is 5.57. The van der Waals surface area contributed by atoms with Crippen molar-refractivity contribution in [3.8, 4) is 0 Å². The number of carboxylic acid groups (broad SMARTS) is 1. The molecular formula is C12H22N2O2. The van der Waals surface area contributed by atoms with E-state index in [1.807, 2.05) is 18.7 Å². The van der Waals surface area contributed by atoms with E-state index in [1.54, 1.807) is 20.8 Å². The Labute approximate surface area is 97.3 Å². The summed E-state index contributed by atoms with van der Waals surface area (Å²) in [6, 6.07) is 0. The average Bonchev–Trinajstić information content (AvgIpc) is 2.66. The molecule has 16 heavy (non-hydrogen) atoms. The third kappa shape index (κ3) is 7.04. The Kier molecular flexibility index (Phi) is 6.46. The zero-order valence-corrected chi connectivity index (χ0v) is 10.6. The number of carbonyl (C=O) groups is 1. The van der Waals surface area contributed by atoms with Gasteiger partial charge in [-0.15, -0.1) is 0 Å². The molecule has 1 rings (SSSR count). The van der Waals surface area contributed by atoms with Gasteiger partial charge in [0.1, 0.15) is 0 Å². The number of aryl methyl sites for hydroxylation is 1. The molecule has 0 unspecified atom stereocenters. The maximum Gasteiger partial charge on any atom is 0.308 e. The molecule has 0 spiro atoms. The molecule has 0 aromatic carbocycles. The van der Waals surface area contributed by atoms with E-state index in [4.69, 9.17) is 5.11 Å². The zero-order chi connectivity index (χ0) is 12.6. The van der Waals surface area contributed by atoms with E-state index in [0.29, 0.717) is 0 Å². The van der Waals surface area contributed by atoms with Crippen LogP contribution in [0.2, 0.25) is 0 Å². The summed E-state index contributed by atoms with van der Waals surface area (Å²) >= 11 is 0. The van der Waals surface area contributed by atoms with Crippen molar-refractivity contribution in [2.75, 3.05) is 0 Å². The molecule has 0 saturated carbocycles. The van der Waals surface area contributed by atoms with Crippen molar-refractivity contribution in [1.29, 1.82) is 0 Å². The highest BCUT2D eigenvalue weighted by molar-refractivity contribution is 5.72. The number of imidazole rings is 1. The lowest BCUT2D eigenvalue weighted by molar-refractivity contribution is -0.145. The van der Waals surface area contributed by atoms with Crippen LogP contribution in [0.25, 0.3) is 0 Å². The molecule has 0 fully saturated rings. The van der Waals surface area contributed by atoms with E-state index < -0.39 is 11.4 Å². The maximum absolute atomic E-state index is 10.0. The summed E-state index contributed by atoms with van der Waals surface area (Å²) in [6.45, 7) is 8.29. The summed E-state index contributed by atoms with van der Waals surface area (Å²) in [4.78, 5) is 14.0. The van der Waals surface area contributed by atoms with Gasteiger partial charge in [-0.05, 0) is 27.2 Å². The van der Waals surface area contributed by atoms with Gasteiger partial charge in [0.05, 0.1) is 11.7 Å². The Hall–Kier alpha value is -1.32. The fourth-order valence-corrected chi connectivity index (χ4v) is 0.760. The molecule has 0 aliphatic rings. The summed E-state index contributed by atoms with van der Waals surface area (Å²) in [5.41, 5.74) is -0.583. The van der Waals surface area contributed by atoms with Crippen molar-refractivity contribution >= 4 is 5.97 Å². The number of unbranched alkanes of at least 4 members (excludes halogenated alkanes) is 1. The minimum absolute atomic E-state index is 0.583. The van der Waals surface area contributed by atoms with Gasteiger partial charge in [0.15, 0.2) is 0 Å². The van der Waals surface area contributed by atoms with Gasteiger partial charge in [-0.3, -0.25) is 4.79 Å². The van der Waals surface area contributed by atoms with Crippen molar-refractivity contribution in [1.82, 2.24) is 9.55 Å². The van der Waals surface area contributed by atoms with Crippen molar-refractivity contribution in [3.63, 3.8) is 0 Å². The molecule has 0 aliphatic heterocycles. The standard InChI is InChI=1S/C7H12N2.C5H10O2/c1-2-3-5-9-6-4-8-7-9;1-5(2,3)4(6)7/h4,6-7H,2-3,5H2,1H3;1-3H3,(H,6,7). The third-order valence-electron chi connectivity index (χ3n) is 1.97. The number of rotatable bonds is 3. The Bertz CT molecular complexity index is 286. The molecule has 0 saturated heterocycles. The number of nitrogens with zero attached hydrogens (tertiary/aromatic N) is 2. The van der Waals surface area contributed by atoms with Crippen LogP contribution in [-0.4, -0.2) is 20.6 Å². The molecule has 0 bridgehead atoms. The van der Waals surface area contributed by atoms with Gasteiger partial charge in [0.2, 0.25) is 0 Å². The number of hydrogen-bond donors (Lipinski definition) is 1. The minimum atomic E-state index is -0.757. The van der Waals surface area contributed by atoms with Crippen LogP contribution in [0.3, 0.4) is 0 Å². The fraction of sp³-hybridized carbons (Fsp3) is 0.667. The van der Waals surface area contributed by atoms with Crippen LogP contribution in [0.4, 0.5) is 0 Å². The fourth-order valence-electron chi connectivity index (χ4n) is 0.760. The van der Waals surface area contributed by atoms with Crippen LogP contribution in [0.5, 0.6) is 0 Å². The van der Waals surface area contributed by atoms with Crippen LogP contribution < -0.4 is 0 Å². The lowest BCUT2D eigenvalue weighted by Crippen LogP contribution is -2.18. The van der Waals surface area contributed by atoms with Crippen molar-refractivity contribution in [2.45, 2.75) is 47.1 Å². The smallest absolute Gasteiger partial charge is 0.308 e. The van der Waals surface area contributed by atoms with Gasteiger partial charge < -0.3 is 9.67 Å². The maximum atomic E-state index is 10.0. The second-order valence-corrected chi connectivity index (χ2v) is 4.71. The van der Waals surface area contributed by atoms with Gasteiger partial charge in [-0.1, -0.05) is 13.3 Å². The molecule has 0 atom stereocenters. The lowest BCUT2D eigenvalue weighted by atomic mass is 9.98. The molecule has 1 heterocycles. The second kappa shape index (κ2) is 7.04. The van der Waals surface area contributed by atoms with E-state index in [9.17, 15) is 4.79 Å². The number of aromatic nitrogens is 2. The molecule has 92 valence electrons. The molecule has 4 nitrogen and oxygen atoms in total. The van der Waals surface area contributed by atoms with Gasteiger partial charge >= 0.3 is 5.97 Å². The van der Waals surface area contributed by atoms with Crippen LogP contribution in [-0.2, 0) is 11.3 Å². The first-order valence-corrected chi connectivity index (χ1v) is 5.57. The Balaban J connectivity index is 0.000000293. The van der Waals surface area contributed by atoms with Crippen LogP contribution in [0, 0.1) is 5.41 Å². The normalized spacial score (nSPS) is 10.5. The summed E-state index contributed by atoms with van der Waals surface area (Å²) in [5.74, 6) is -0.757.